The van der Waals surface area contributed by atoms with Crippen molar-refractivity contribution in [1.29, 1.82) is 0 Å². The summed E-state index contributed by atoms with van der Waals surface area (Å²) in [5.74, 6) is -0.0292. The topological polar surface area (TPSA) is 84.6 Å². The lowest BCUT2D eigenvalue weighted by atomic mass is 9.48. The lowest BCUT2D eigenvalue weighted by molar-refractivity contribution is -0.170. The number of aromatic hydroxyl groups is 1. The Labute approximate surface area is 118 Å². The second kappa shape index (κ2) is 4.20. The van der Waals surface area contributed by atoms with Gasteiger partial charge in [0.25, 0.3) is 0 Å². The zero-order valence-electron chi connectivity index (χ0n) is 11.7. The Morgan fingerprint density at radius 2 is 2.25 bits per heavy atom. The molecule has 5 heteroatoms. The second-order valence-corrected chi connectivity index (χ2v) is 6.28. The van der Waals surface area contributed by atoms with E-state index in [1.54, 1.807) is 18.2 Å². The van der Waals surface area contributed by atoms with Gasteiger partial charge in [0, 0.05) is 29.7 Å². The normalized spacial score (nSPS) is 34.1. The van der Waals surface area contributed by atoms with Crippen LogP contribution in [-0.4, -0.2) is 29.3 Å². The van der Waals surface area contributed by atoms with Crippen molar-refractivity contribution in [3.8, 4) is 5.75 Å². The van der Waals surface area contributed by atoms with Gasteiger partial charge in [-0.05, 0) is 18.6 Å². The molecule has 0 radical (unpaired) electrons. The summed E-state index contributed by atoms with van der Waals surface area (Å²) in [6, 6.07) is 6.48. The van der Waals surface area contributed by atoms with Crippen molar-refractivity contribution >= 4 is 11.6 Å². The molecule has 1 aromatic rings. The summed E-state index contributed by atoms with van der Waals surface area (Å²) in [7, 11) is 0. The number of hydrogen-bond acceptors (Lipinski definition) is 4. The Hall–Kier alpha value is -1.59. The van der Waals surface area contributed by atoms with E-state index in [-0.39, 0.29) is 23.7 Å². The smallest absolute Gasteiger partial charge is 0.245 e. The average molecular weight is 276 g/mol. The number of fused-ring (bicyclic) bond motifs is 1. The van der Waals surface area contributed by atoms with Gasteiger partial charge in [-0.1, -0.05) is 19.9 Å². The fourth-order valence-corrected chi connectivity index (χ4v) is 3.66. The number of nitrogens with two attached hydrogens (primary N) is 1. The standard InChI is InChI=1S/C15H20N2O3/c1-14(2)12-11(6-7-20-12)15(14,16)13(19)17-9-4-3-5-10(18)8-9/h3-5,8,11-12,18H,6-7,16H2,1-2H3,(H,17,19). The fraction of sp³-hybridized carbons (Fsp3) is 0.533. The molecular weight excluding hydrogens is 256 g/mol. The van der Waals surface area contributed by atoms with E-state index in [0.29, 0.717) is 12.3 Å². The molecule has 4 N–H and O–H groups in total. The number of carbonyl (C=O) groups is 1. The average Bonchev–Trinajstić information content (AvgIpc) is 2.85. The number of amides is 1. The predicted octanol–water partition coefficient (Wildman–Crippen LogP) is 1.47. The van der Waals surface area contributed by atoms with E-state index >= 15 is 0 Å². The van der Waals surface area contributed by atoms with Gasteiger partial charge in [-0.3, -0.25) is 4.79 Å². The lowest BCUT2D eigenvalue weighted by Gasteiger charge is -2.60. The Bertz CT molecular complexity index is 558. The third-order valence-corrected chi connectivity index (χ3v) is 4.93. The summed E-state index contributed by atoms with van der Waals surface area (Å²) in [5.41, 5.74) is 5.67. The van der Waals surface area contributed by atoms with Crippen LogP contribution in [0, 0.1) is 11.3 Å². The van der Waals surface area contributed by atoms with Crippen molar-refractivity contribution in [1.82, 2.24) is 0 Å². The maximum atomic E-state index is 12.6. The van der Waals surface area contributed by atoms with Crippen molar-refractivity contribution in [2.75, 3.05) is 11.9 Å². The van der Waals surface area contributed by atoms with Gasteiger partial charge in [-0.25, -0.2) is 0 Å². The first kappa shape index (κ1) is 13.4. The van der Waals surface area contributed by atoms with E-state index in [2.05, 4.69) is 5.32 Å². The van der Waals surface area contributed by atoms with Crippen LogP contribution in [0.1, 0.15) is 20.3 Å². The summed E-state index contributed by atoms with van der Waals surface area (Å²) in [5, 5.41) is 12.3. The monoisotopic (exact) mass is 276 g/mol. The lowest BCUT2D eigenvalue weighted by Crippen LogP contribution is -2.79. The number of phenols is 1. The Balaban J connectivity index is 1.83. The molecule has 0 aromatic heterocycles. The summed E-state index contributed by atoms with van der Waals surface area (Å²) in [6.45, 7) is 4.61. The molecule has 1 saturated carbocycles. The number of hydrogen-bond donors (Lipinski definition) is 3. The van der Waals surface area contributed by atoms with Gasteiger partial charge < -0.3 is 20.9 Å². The first-order valence-electron chi connectivity index (χ1n) is 6.88. The predicted molar refractivity (Wildman–Crippen MR) is 75.3 cm³/mol. The quantitative estimate of drug-likeness (QED) is 0.763. The minimum atomic E-state index is -0.931. The Morgan fingerprint density at radius 3 is 2.95 bits per heavy atom. The second-order valence-electron chi connectivity index (χ2n) is 6.28. The van der Waals surface area contributed by atoms with Gasteiger partial charge in [-0.15, -0.1) is 0 Å². The van der Waals surface area contributed by atoms with Crippen molar-refractivity contribution in [3.63, 3.8) is 0 Å². The highest BCUT2D eigenvalue weighted by Crippen LogP contribution is 2.58. The number of ether oxygens (including phenoxy) is 1. The van der Waals surface area contributed by atoms with E-state index in [1.807, 2.05) is 13.8 Å². The minimum absolute atomic E-state index is 0.0578. The molecule has 2 fully saturated rings. The van der Waals surface area contributed by atoms with Gasteiger partial charge in [0.2, 0.25) is 5.91 Å². The number of rotatable bonds is 2. The van der Waals surface area contributed by atoms with Crippen LogP contribution < -0.4 is 11.1 Å². The van der Waals surface area contributed by atoms with Crippen LogP contribution in [-0.2, 0) is 9.53 Å². The van der Waals surface area contributed by atoms with Gasteiger partial charge in [-0.2, -0.15) is 0 Å². The fourth-order valence-electron chi connectivity index (χ4n) is 3.66. The highest BCUT2D eigenvalue weighted by atomic mass is 16.5. The van der Waals surface area contributed by atoms with Gasteiger partial charge >= 0.3 is 0 Å². The van der Waals surface area contributed by atoms with Crippen LogP contribution in [0.2, 0.25) is 0 Å². The van der Waals surface area contributed by atoms with Crippen LogP contribution in [0.25, 0.3) is 0 Å². The zero-order valence-corrected chi connectivity index (χ0v) is 11.7. The first-order valence-corrected chi connectivity index (χ1v) is 6.88. The maximum Gasteiger partial charge on any atom is 0.245 e. The molecule has 1 aliphatic heterocycles. The molecule has 1 saturated heterocycles. The molecule has 2 aliphatic rings. The summed E-state index contributed by atoms with van der Waals surface area (Å²) in [6.07, 6.45) is 0.875. The van der Waals surface area contributed by atoms with Crippen molar-refractivity contribution in [2.24, 2.45) is 17.1 Å². The number of anilines is 1. The van der Waals surface area contributed by atoms with Gasteiger partial charge in [0.1, 0.15) is 11.3 Å². The van der Waals surface area contributed by atoms with Crippen LogP contribution in [0.4, 0.5) is 5.69 Å². The van der Waals surface area contributed by atoms with Crippen LogP contribution in [0.3, 0.4) is 0 Å². The molecule has 1 aromatic carbocycles. The summed E-state index contributed by atoms with van der Waals surface area (Å²) in [4.78, 5) is 12.6. The third kappa shape index (κ3) is 1.60. The van der Waals surface area contributed by atoms with Crippen molar-refractivity contribution < 1.29 is 14.6 Å². The summed E-state index contributed by atoms with van der Waals surface area (Å²) < 4.78 is 5.68. The van der Waals surface area contributed by atoms with E-state index in [1.165, 1.54) is 6.07 Å². The van der Waals surface area contributed by atoms with Crippen LogP contribution in [0.5, 0.6) is 5.75 Å². The van der Waals surface area contributed by atoms with E-state index in [9.17, 15) is 9.90 Å². The molecule has 0 bridgehead atoms. The molecule has 1 aliphatic carbocycles. The van der Waals surface area contributed by atoms with E-state index in [0.717, 1.165) is 6.42 Å². The molecule has 20 heavy (non-hydrogen) atoms. The molecule has 3 rings (SSSR count). The Kier molecular flexibility index (Phi) is 2.81. The number of phenolic OH excluding ortho intramolecular Hbond substituents is 1. The third-order valence-electron chi connectivity index (χ3n) is 4.93. The molecule has 1 heterocycles. The zero-order chi connectivity index (χ0) is 14.5. The maximum absolute atomic E-state index is 12.6. The highest BCUT2D eigenvalue weighted by molar-refractivity contribution is 6.00. The molecule has 1 amide bonds. The molecule has 3 atom stereocenters. The molecular formula is C15H20N2O3. The van der Waals surface area contributed by atoms with E-state index in [4.69, 9.17) is 10.5 Å². The SMILES string of the molecule is CC1(C)C2OCCC2C1(N)C(=O)Nc1cccc(O)c1. The summed E-state index contributed by atoms with van der Waals surface area (Å²) >= 11 is 0. The molecule has 3 unspecified atom stereocenters. The molecule has 5 nitrogen and oxygen atoms in total. The highest BCUT2D eigenvalue weighted by Gasteiger charge is 2.71. The van der Waals surface area contributed by atoms with Crippen LogP contribution >= 0.6 is 0 Å². The first-order chi connectivity index (χ1) is 9.37. The van der Waals surface area contributed by atoms with Crippen molar-refractivity contribution in [3.05, 3.63) is 24.3 Å². The van der Waals surface area contributed by atoms with Crippen molar-refractivity contribution in [2.45, 2.75) is 31.9 Å². The molecule has 108 valence electrons. The minimum Gasteiger partial charge on any atom is -0.508 e. The largest absolute Gasteiger partial charge is 0.508 e. The van der Waals surface area contributed by atoms with Gasteiger partial charge in [0.05, 0.1) is 6.10 Å². The Morgan fingerprint density at radius 1 is 1.50 bits per heavy atom. The number of carbonyl (C=O) groups excluding carboxylic acids is 1. The van der Waals surface area contributed by atoms with Crippen LogP contribution in [0.15, 0.2) is 24.3 Å². The number of benzene rings is 1. The van der Waals surface area contributed by atoms with Gasteiger partial charge in [0.15, 0.2) is 0 Å². The molecule has 0 spiro atoms. The van der Waals surface area contributed by atoms with E-state index < -0.39 is 11.0 Å². The number of nitrogens with one attached hydrogen (secondary N) is 1.